The molecule has 0 aromatic carbocycles. The summed E-state index contributed by atoms with van der Waals surface area (Å²) < 4.78 is 0. The van der Waals surface area contributed by atoms with Crippen LogP contribution in [0.3, 0.4) is 0 Å². The van der Waals surface area contributed by atoms with Gasteiger partial charge in [0.1, 0.15) is 6.10 Å². The molecule has 0 amide bonds. The molecule has 96 valence electrons. The second-order valence-corrected chi connectivity index (χ2v) is 6.15. The molecule has 0 aromatic rings. The Labute approximate surface area is 105 Å². The molecule has 5 nitrogen and oxygen atoms in total. The maximum atomic E-state index is 9.93. The van der Waals surface area contributed by atoms with Crippen molar-refractivity contribution in [3.8, 4) is 0 Å². The summed E-state index contributed by atoms with van der Waals surface area (Å²) in [4.78, 5) is 6.79. The lowest BCUT2D eigenvalue weighted by molar-refractivity contribution is 0.00323. The van der Waals surface area contributed by atoms with Gasteiger partial charge in [-0.25, -0.2) is 0 Å². The molecule has 0 bridgehead atoms. The van der Waals surface area contributed by atoms with Crippen LogP contribution in [0.25, 0.3) is 0 Å². The first-order valence-corrected chi connectivity index (χ1v) is 7.06. The number of aliphatic hydroxyl groups excluding tert-OH is 3. The van der Waals surface area contributed by atoms with E-state index in [1.165, 1.54) is 12.8 Å². The van der Waals surface area contributed by atoms with Gasteiger partial charge in [0, 0.05) is 30.9 Å². The zero-order valence-electron chi connectivity index (χ0n) is 9.57. The van der Waals surface area contributed by atoms with Gasteiger partial charge >= 0.3 is 0 Å². The maximum Gasteiger partial charge on any atom is 0.159 e. The van der Waals surface area contributed by atoms with Gasteiger partial charge in [0.25, 0.3) is 0 Å². The number of aliphatic imine (C=N–C) groups is 1. The fourth-order valence-electron chi connectivity index (χ4n) is 2.96. The summed E-state index contributed by atoms with van der Waals surface area (Å²) in [5.41, 5.74) is 0. The van der Waals surface area contributed by atoms with Crippen molar-refractivity contribution < 1.29 is 15.3 Å². The van der Waals surface area contributed by atoms with E-state index in [1.54, 1.807) is 11.8 Å². The molecule has 1 aliphatic carbocycles. The van der Waals surface area contributed by atoms with Crippen LogP contribution in [0.15, 0.2) is 4.99 Å². The number of aliphatic hydroxyl groups is 3. The smallest absolute Gasteiger partial charge is 0.159 e. The number of hydrogen-bond acceptors (Lipinski definition) is 6. The number of hydrogen-bond donors (Lipinski definition) is 3. The quantitative estimate of drug-likeness (QED) is 0.578. The predicted molar refractivity (Wildman–Crippen MR) is 66.0 cm³/mol. The molecule has 3 rings (SSSR count). The highest BCUT2D eigenvalue weighted by atomic mass is 32.2. The normalized spacial score (nSPS) is 45.2. The van der Waals surface area contributed by atoms with Crippen LogP contribution in [0, 0.1) is 5.92 Å². The Balaban J connectivity index is 1.77. The van der Waals surface area contributed by atoms with E-state index in [-0.39, 0.29) is 23.8 Å². The molecule has 2 fully saturated rings. The maximum absolute atomic E-state index is 9.93. The van der Waals surface area contributed by atoms with E-state index in [9.17, 15) is 15.3 Å². The first-order chi connectivity index (χ1) is 8.22. The third kappa shape index (κ3) is 1.78. The summed E-state index contributed by atoms with van der Waals surface area (Å²) >= 11 is 1.61. The Hall–Kier alpha value is -0.300. The second kappa shape index (κ2) is 4.42. The molecular formula is C11H18N2O3S. The summed E-state index contributed by atoms with van der Waals surface area (Å²) in [7, 11) is 0. The summed E-state index contributed by atoms with van der Waals surface area (Å²) in [6, 6.07) is -0.247. The van der Waals surface area contributed by atoms with Gasteiger partial charge in [-0.15, -0.1) is 0 Å². The van der Waals surface area contributed by atoms with Crippen LogP contribution < -0.4 is 0 Å². The van der Waals surface area contributed by atoms with Gasteiger partial charge in [-0.2, -0.15) is 0 Å². The molecule has 0 unspecified atom stereocenters. The number of thioether (sulfide) groups is 1. The van der Waals surface area contributed by atoms with Gasteiger partial charge in [0.15, 0.2) is 5.17 Å². The van der Waals surface area contributed by atoms with E-state index < -0.39 is 12.2 Å². The number of fused-ring (bicyclic) bond motifs is 1. The minimum Gasteiger partial charge on any atom is -0.396 e. The van der Waals surface area contributed by atoms with E-state index in [0.29, 0.717) is 0 Å². The van der Waals surface area contributed by atoms with Crippen LogP contribution in [-0.2, 0) is 0 Å². The van der Waals surface area contributed by atoms with Crippen molar-refractivity contribution in [1.29, 1.82) is 0 Å². The highest BCUT2D eigenvalue weighted by Gasteiger charge is 2.53. The molecule has 5 atom stereocenters. The zero-order chi connectivity index (χ0) is 12.0. The van der Waals surface area contributed by atoms with Crippen molar-refractivity contribution in [1.82, 2.24) is 4.90 Å². The van der Waals surface area contributed by atoms with E-state index in [2.05, 4.69) is 9.89 Å². The van der Waals surface area contributed by atoms with Crippen LogP contribution >= 0.6 is 11.8 Å². The van der Waals surface area contributed by atoms with E-state index >= 15 is 0 Å². The largest absolute Gasteiger partial charge is 0.396 e. The van der Waals surface area contributed by atoms with Crippen LogP contribution in [0.1, 0.15) is 12.8 Å². The van der Waals surface area contributed by atoms with Crippen molar-refractivity contribution in [2.24, 2.45) is 10.9 Å². The molecule has 0 radical (unpaired) electrons. The third-order valence-electron chi connectivity index (χ3n) is 3.99. The van der Waals surface area contributed by atoms with Crippen LogP contribution in [0.2, 0.25) is 0 Å². The molecule has 6 heteroatoms. The molecule has 2 heterocycles. The van der Waals surface area contributed by atoms with Crippen LogP contribution in [0.5, 0.6) is 0 Å². The number of nitrogens with zero attached hydrogens (tertiary/aromatic N) is 2. The molecule has 17 heavy (non-hydrogen) atoms. The van der Waals surface area contributed by atoms with E-state index in [1.807, 2.05) is 0 Å². The molecule has 0 spiro atoms. The van der Waals surface area contributed by atoms with Crippen molar-refractivity contribution in [2.45, 2.75) is 36.3 Å². The molecule has 2 aliphatic heterocycles. The third-order valence-corrected chi connectivity index (χ3v) is 5.46. The van der Waals surface area contributed by atoms with Gasteiger partial charge in [-0.3, -0.25) is 4.99 Å². The first-order valence-electron chi connectivity index (χ1n) is 6.19. The Morgan fingerprint density at radius 2 is 1.94 bits per heavy atom. The summed E-state index contributed by atoms with van der Waals surface area (Å²) in [5, 5.41) is 30.1. The summed E-state index contributed by atoms with van der Waals surface area (Å²) in [6.07, 6.45) is 0.726. The zero-order valence-corrected chi connectivity index (χ0v) is 10.4. The highest BCUT2D eigenvalue weighted by molar-refractivity contribution is 8.14. The van der Waals surface area contributed by atoms with E-state index in [0.717, 1.165) is 18.3 Å². The Kier molecular flexibility index (Phi) is 3.06. The van der Waals surface area contributed by atoms with Crippen molar-refractivity contribution in [3.63, 3.8) is 0 Å². The van der Waals surface area contributed by atoms with Gasteiger partial charge in [0.05, 0.1) is 12.1 Å². The highest BCUT2D eigenvalue weighted by Crippen LogP contribution is 2.43. The van der Waals surface area contributed by atoms with Gasteiger partial charge < -0.3 is 20.2 Å². The lowest BCUT2D eigenvalue weighted by Crippen LogP contribution is -2.32. The molecular weight excluding hydrogens is 240 g/mol. The molecule has 1 saturated carbocycles. The molecule has 3 N–H and O–H groups in total. The Morgan fingerprint density at radius 1 is 1.24 bits per heavy atom. The fourth-order valence-corrected chi connectivity index (χ4v) is 4.50. The van der Waals surface area contributed by atoms with Gasteiger partial charge in [0.2, 0.25) is 0 Å². The summed E-state index contributed by atoms with van der Waals surface area (Å²) in [5.74, 6) is -0.260. The van der Waals surface area contributed by atoms with Crippen molar-refractivity contribution >= 4 is 16.9 Å². The average Bonchev–Trinajstić information content (AvgIpc) is 2.99. The molecule has 0 aromatic heterocycles. The lowest BCUT2D eigenvalue weighted by Gasteiger charge is -2.21. The number of rotatable bonds is 1. The van der Waals surface area contributed by atoms with Crippen molar-refractivity contribution in [2.75, 3.05) is 19.7 Å². The fraction of sp³-hybridized carbons (Fsp3) is 0.909. The molecule has 1 saturated heterocycles. The minimum absolute atomic E-state index is 0.0283. The number of amidine groups is 1. The average molecular weight is 258 g/mol. The minimum atomic E-state index is -0.841. The van der Waals surface area contributed by atoms with Crippen LogP contribution in [-0.4, -0.2) is 68.6 Å². The van der Waals surface area contributed by atoms with Crippen LogP contribution in [0.4, 0.5) is 0 Å². The second-order valence-electron chi connectivity index (χ2n) is 5.01. The first kappa shape index (κ1) is 11.8. The van der Waals surface area contributed by atoms with Gasteiger partial charge in [-0.1, -0.05) is 11.8 Å². The summed E-state index contributed by atoms with van der Waals surface area (Å²) in [6.45, 7) is 1.98. The topological polar surface area (TPSA) is 76.3 Å². The molecule has 3 aliphatic rings. The van der Waals surface area contributed by atoms with Crippen molar-refractivity contribution in [3.05, 3.63) is 0 Å². The SMILES string of the molecule is OC[C@@H]1[C@@H](O)[C@H](O)[C@H]2N=C(N3CCCC3)S[C@@H]12. The van der Waals surface area contributed by atoms with Gasteiger partial charge in [-0.05, 0) is 12.8 Å². The van der Waals surface area contributed by atoms with E-state index in [4.69, 9.17) is 0 Å². The number of likely N-dealkylation sites (tertiary alicyclic amines) is 1. The predicted octanol–water partition coefficient (Wildman–Crippen LogP) is -0.734. The standard InChI is InChI=1S/C11H18N2O3S/c14-5-6-8(15)9(16)7-10(6)17-11(12-7)13-3-1-2-4-13/h6-10,14-16H,1-5H2/t6-,7-,8-,9-,10+/m1/s1. The Bertz CT molecular complexity index is 333. The Morgan fingerprint density at radius 3 is 2.59 bits per heavy atom. The monoisotopic (exact) mass is 258 g/mol. The lowest BCUT2D eigenvalue weighted by atomic mass is 10.1.